The Bertz CT molecular complexity index is 1230. The number of rotatable bonds is 27. The highest BCUT2D eigenvalue weighted by molar-refractivity contribution is 5.91. The molecule has 1 atom stereocenters. The highest BCUT2D eigenvalue weighted by Gasteiger charge is 2.12. The second kappa shape index (κ2) is 25.1. The van der Waals surface area contributed by atoms with Crippen molar-refractivity contribution in [1.82, 2.24) is 0 Å². The summed E-state index contributed by atoms with van der Waals surface area (Å²) in [6.07, 6.45) is 28.3. The van der Waals surface area contributed by atoms with Gasteiger partial charge in [-0.3, -0.25) is 0 Å². The van der Waals surface area contributed by atoms with Gasteiger partial charge in [-0.15, -0.1) is 0 Å². The van der Waals surface area contributed by atoms with Crippen molar-refractivity contribution >= 4 is 5.97 Å². The molecule has 3 heteroatoms. The maximum atomic E-state index is 12.8. The Kier molecular flexibility index (Phi) is 20.7. The van der Waals surface area contributed by atoms with Crippen LogP contribution in [0, 0.1) is 0 Å². The second-order valence-corrected chi connectivity index (χ2v) is 13.8. The Morgan fingerprint density at radius 3 is 1.52 bits per heavy atom. The molecule has 0 saturated carbocycles. The summed E-state index contributed by atoms with van der Waals surface area (Å²) in [6.45, 7) is 7.43. The van der Waals surface area contributed by atoms with Crippen LogP contribution in [-0.2, 0) is 11.2 Å². The van der Waals surface area contributed by atoms with Crippen molar-refractivity contribution in [3.05, 3.63) is 89.5 Å². The molecule has 0 aliphatic rings. The van der Waals surface area contributed by atoms with Crippen molar-refractivity contribution in [2.45, 2.75) is 162 Å². The summed E-state index contributed by atoms with van der Waals surface area (Å²) in [5.74, 6) is 0.341. The van der Waals surface area contributed by atoms with Crippen LogP contribution in [0.4, 0.5) is 0 Å². The molecule has 0 aliphatic heterocycles. The molecule has 0 amide bonds. The topological polar surface area (TPSA) is 35.5 Å². The molecule has 1 unspecified atom stereocenters. The van der Waals surface area contributed by atoms with Crippen molar-refractivity contribution in [2.75, 3.05) is 6.61 Å². The summed E-state index contributed by atoms with van der Waals surface area (Å²) in [7, 11) is 0. The van der Waals surface area contributed by atoms with Crippen LogP contribution < -0.4 is 4.74 Å². The minimum atomic E-state index is -0.318. The first-order valence-electron chi connectivity index (χ1n) is 19.7. The molecule has 3 nitrogen and oxygen atoms in total. The van der Waals surface area contributed by atoms with E-state index in [2.05, 4.69) is 45.0 Å². The minimum absolute atomic E-state index is 0.0854. The molecular weight excluding hydrogens is 588 g/mol. The monoisotopic (exact) mass is 655 g/mol. The fourth-order valence-corrected chi connectivity index (χ4v) is 6.44. The van der Waals surface area contributed by atoms with E-state index in [4.69, 9.17) is 9.47 Å². The standard InChI is InChI=1S/C45H66O3/c1-4-6-8-9-10-11-12-13-14-15-16-17-18-19-20-21-22-25-37-47-38(3)39-29-31-40(32-30-39)41-33-35-43(36-34-41)45(46)48-44-28-24-23-27-42(44)26-7-5-2/h23-24,27-36,38H,4-22,25-26,37H2,1-3H3. The predicted molar refractivity (Wildman–Crippen MR) is 205 cm³/mol. The Labute approximate surface area is 294 Å². The first kappa shape index (κ1) is 39.5. The molecule has 0 saturated heterocycles. The molecular formula is C45H66O3. The molecule has 3 aromatic carbocycles. The van der Waals surface area contributed by atoms with Gasteiger partial charge in [-0.25, -0.2) is 4.79 Å². The van der Waals surface area contributed by atoms with Crippen LogP contribution in [0.15, 0.2) is 72.8 Å². The average Bonchev–Trinajstić information content (AvgIpc) is 3.12. The van der Waals surface area contributed by atoms with Crippen LogP contribution in [0.5, 0.6) is 5.75 Å². The van der Waals surface area contributed by atoms with E-state index in [-0.39, 0.29) is 12.1 Å². The summed E-state index contributed by atoms with van der Waals surface area (Å²) in [4.78, 5) is 12.8. The minimum Gasteiger partial charge on any atom is -0.423 e. The van der Waals surface area contributed by atoms with E-state index < -0.39 is 0 Å². The summed E-state index contributed by atoms with van der Waals surface area (Å²) >= 11 is 0. The molecule has 0 N–H and O–H groups in total. The summed E-state index contributed by atoms with van der Waals surface area (Å²) in [5.41, 5.74) is 5.04. The quantitative estimate of drug-likeness (QED) is 0.0466. The fraction of sp³-hybridized carbons (Fsp3) is 0.578. The van der Waals surface area contributed by atoms with E-state index in [1.807, 2.05) is 48.5 Å². The molecule has 48 heavy (non-hydrogen) atoms. The number of unbranched alkanes of at least 4 members (excludes halogenated alkanes) is 18. The van der Waals surface area contributed by atoms with Gasteiger partial charge in [0.1, 0.15) is 5.75 Å². The van der Waals surface area contributed by atoms with Crippen LogP contribution in [0.3, 0.4) is 0 Å². The van der Waals surface area contributed by atoms with E-state index in [9.17, 15) is 4.79 Å². The lowest BCUT2D eigenvalue weighted by molar-refractivity contribution is 0.0627. The van der Waals surface area contributed by atoms with Crippen LogP contribution in [0.25, 0.3) is 11.1 Å². The first-order valence-corrected chi connectivity index (χ1v) is 19.7. The fourth-order valence-electron chi connectivity index (χ4n) is 6.44. The predicted octanol–water partition coefficient (Wildman–Crippen LogP) is 14.0. The zero-order valence-corrected chi connectivity index (χ0v) is 30.8. The van der Waals surface area contributed by atoms with Crippen molar-refractivity contribution in [3.63, 3.8) is 0 Å². The molecule has 0 radical (unpaired) electrons. The number of hydrogen-bond acceptors (Lipinski definition) is 3. The number of ether oxygens (including phenoxy) is 2. The third kappa shape index (κ3) is 16.0. The molecule has 0 aromatic heterocycles. The average molecular weight is 655 g/mol. The van der Waals surface area contributed by atoms with Gasteiger partial charge in [0.15, 0.2) is 0 Å². The van der Waals surface area contributed by atoms with Crippen molar-refractivity contribution in [1.29, 1.82) is 0 Å². The Balaban J connectivity index is 1.22. The molecule has 3 aromatic rings. The smallest absolute Gasteiger partial charge is 0.343 e. The Hall–Kier alpha value is -2.91. The van der Waals surface area contributed by atoms with Gasteiger partial charge in [0.25, 0.3) is 0 Å². The van der Waals surface area contributed by atoms with E-state index >= 15 is 0 Å². The van der Waals surface area contributed by atoms with Crippen molar-refractivity contribution < 1.29 is 14.3 Å². The zero-order valence-electron chi connectivity index (χ0n) is 30.8. The van der Waals surface area contributed by atoms with E-state index in [0.717, 1.165) is 49.0 Å². The maximum absolute atomic E-state index is 12.8. The van der Waals surface area contributed by atoms with Gasteiger partial charge >= 0.3 is 5.97 Å². The number of esters is 1. The summed E-state index contributed by atoms with van der Waals surface area (Å²) in [6, 6.07) is 24.1. The third-order valence-corrected chi connectivity index (χ3v) is 9.67. The van der Waals surface area contributed by atoms with E-state index in [0.29, 0.717) is 11.3 Å². The highest BCUT2D eigenvalue weighted by Crippen LogP contribution is 2.26. The lowest BCUT2D eigenvalue weighted by Gasteiger charge is -2.14. The summed E-state index contributed by atoms with van der Waals surface area (Å²) < 4.78 is 11.9. The summed E-state index contributed by atoms with van der Waals surface area (Å²) in [5, 5.41) is 0. The van der Waals surface area contributed by atoms with Gasteiger partial charge in [-0.1, -0.05) is 184 Å². The number of carbonyl (C=O) groups excluding carboxylic acids is 1. The largest absolute Gasteiger partial charge is 0.423 e. The van der Waals surface area contributed by atoms with Crippen LogP contribution in [0.1, 0.15) is 177 Å². The van der Waals surface area contributed by atoms with Crippen LogP contribution >= 0.6 is 0 Å². The second-order valence-electron chi connectivity index (χ2n) is 13.8. The molecule has 0 aliphatic carbocycles. The maximum Gasteiger partial charge on any atom is 0.343 e. The van der Waals surface area contributed by atoms with Gasteiger partial charge in [-0.2, -0.15) is 0 Å². The van der Waals surface area contributed by atoms with Crippen molar-refractivity contribution in [3.8, 4) is 16.9 Å². The third-order valence-electron chi connectivity index (χ3n) is 9.67. The Morgan fingerprint density at radius 1 is 0.542 bits per heavy atom. The van der Waals surface area contributed by atoms with Crippen LogP contribution in [0.2, 0.25) is 0 Å². The van der Waals surface area contributed by atoms with Gasteiger partial charge in [0.2, 0.25) is 0 Å². The molecule has 264 valence electrons. The lowest BCUT2D eigenvalue weighted by Crippen LogP contribution is -2.09. The van der Waals surface area contributed by atoms with Crippen LogP contribution in [-0.4, -0.2) is 12.6 Å². The van der Waals surface area contributed by atoms with E-state index in [1.165, 1.54) is 115 Å². The van der Waals surface area contributed by atoms with Gasteiger partial charge < -0.3 is 9.47 Å². The molecule has 0 spiro atoms. The zero-order chi connectivity index (χ0) is 34.1. The number of para-hydroxylation sites is 1. The molecule has 0 heterocycles. The normalized spacial score (nSPS) is 11.9. The highest BCUT2D eigenvalue weighted by atomic mass is 16.5. The van der Waals surface area contributed by atoms with E-state index in [1.54, 1.807) is 0 Å². The molecule has 0 fully saturated rings. The number of hydrogen-bond donors (Lipinski definition) is 0. The number of carbonyl (C=O) groups is 1. The first-order chi connectivity index (χ1) is 23.6. The molecule has 0 bridgehead atoms. The Morgan fingerprint density at radius 2 is 1.00 bits per heavy atom. The van der Waals surface area contributed by atoms with Gasteiger partial charge in [-0.05, 0) is 66.6 Å². The molecule has 3 rings (SSSR count). The lowest BCUT2D eigenvalue weighted by atomic mass is 10.0. The van der Waals surface area contributed by atoms with Gasteiger partial charge in [0.05, 0.1) is 11.7 Å². The number of aryl methyl sites for hydroxylation is 1. The SMILES string of the molecule is CCCCCCCCCCCCCCCCCCCCOC(C)c1ccc(-c2ccc(C(=O)Oc3ccccc3CCCC)cc2)cc1. The van der Waals surface area contributed by atoms with Crippen molar-refractivity contribution in [2.24, 2.45) is 0 Å². The van der Waals surface area contributed by atoms with Gasteiger partial charge in [0, 0.05) is 6.61 Å². The number of benzene rings is 3.